The van der Waals surface area contributed by atoms with Crippen molar-refractivity contribution in [2.75, 3.05) is 11.9 Å². The van der Waals surface area contributed by atoms with Crippen LogP contribution < -0.4 is 5.32 Å². The third kappa shape index (κ3) is 3.04. The lowest BCUT2D eigenvalue weighted by molar-refractivity contribution is 0.0148. The number of rotatable bonds is 2. The van der Waals surface area contributed by atoms with E-state index < -0.39 is 0 Å². The zero-order valence-corrected chi connectivity index (χ0v) is 15.9. The predicted molar refractivity (Wildman–Crippen MR) is 101 cm³/mol. The molecule has 1 N–H and O–H groups in total. The molecule has 1 aliphatic carbocycles. The van der Waals surface area contributed by atoms with Crippen LogP contribution in [0.3, 0.4) is 0 Å². The molecule has 2 aliphatic rings. The molecule has 2 aromatic rings. The van der Waals surface area contributed by atoms with Crippen molar-refractivity contribution in [3.05, 3.63) is 57.2 Å². The van der Waals surface area contributed by atoms with Gasteiger partial charge in [-0.15, -0.1) is 0 Å². The molecule has 0 unspecified atom stereocenters. The van der Waals surface area contributed by atoms with Gasteiger partial charge in [0.15, 0.2) is 0 Å². The van der Waals surface area contributed by atoms with E-state index in [1.807, 2.05) is 18.2 Å². The van der Waals surface area contributed by atoms with Gasteiger partial charge < -0.3 is 10.1 Å². The van der Waals surface area contributed by atoms with Crippen LogP contribution in [0.2, 0.25) is 5.02 Å². The molecule has 0 bridgehead atoms. The number of halogens is 2. The van der Waals surface area contributed by atoms with Gasteiger partial charge in [-0.05, 0) is 53.7 Å². The second kappa shape index (κ2) is 6.61. The fourth-order valence-corrected chi connectivity index (χ4v) is 4.55. The average molecular weight is 422 g/mol. The number of hydrogen-bond donors (Lipinski definition) is 1. The summed E-state index contributed by atoms with van der Waals surface area (Å²) in [5, 5.41) is 4.13. The molecular formula is C19H18BrClN2O2. The van der Waals surface area contributed by atoms with E-state index in [2.05, 4.69) is 26.2 Å². The van der Waals surface area contributed by atoms with Crippen LogP contribution >= 0.6 is 27.5 Å². The number of nitrogens with zero attached hydrogens (tertiary/aromatic N) is 1. The summed E-state index contributed by atoms with van der Waals surface area (Å²) in [7, 11) is 0. The summed E-state index contributed by atoms with van der Waals surface area (Å²) in [5.41, 5.74) is 1.70. The fraction of sp³-hybridized carbons (Fsp3) is 0.368. The molecule has 0 radical (unpaired) electrons. The Labute approximate surface area is 160 Å². The minimum absolute atomic E-state index is 0.0150. The normalized spacial score (nSPS) is 24.6. The van der Waals surface area contributed by atoms with Gasteiger partial charge in [0.1, 0.15) is 11.9 Å². The molecule has 1 aromatic heterocycles. The highest BCUT2D eigenvalue weighted by Crippen LogP contribution is 2.50. The monoisotopic (exact) mass is 420 g/mol. The van der Waals surface area contributed by atoms with Gasteiger partial charge in [-0.2, -0.15) is 0 Å². The maximum absolute atomic E-state index is 12.3. The molecule has 130 valence electrons. The summed E-state index contributed by atoms with van der Waals surface area (Å²) >= 11 is 10.0. The van der Waals surface area contributed by atoms with Crippen LogP contribution in [0.1, 0.15) is 41.6 Å². The molecular weight excluding hydrogens is 404 g/mol. The highest BCUT2D eigenvalue weighted by Gasteiger charge is 2.45. The lowest BCUT2D eigenvalue weighted by Gasteiger charge is -2.37. The number of hydrogen-bond acceptors (Lipinski definition) is 4. The molecule has 0 atom stereocenters. The third-order valence-corrected chi connectivity index (χ3v) is 6.49. The van der Waals surface area contributed by atoms with E-state index in [0.29, 0.717) is 5.56 Å². The van der Waals surface area contributed by atoms with Crippen LogP contribution in [-0.4, -0.2) is 23.6 Å². The Morgan fingerprint density at radius 3 is 2.72 bits per heavy atom. The lowest BCUT2D eigenvalue weighted by atomic mass is 9.70. The van der Waals surface area contributed by atoms with Crippen molar-refractivity contribution in [3.8, 4) is 0 Å². The van der Waals surface area contributed by atoms with Gasteiger partial charge in [-0.25, -0.2) is 9.78 Å². The van der Waals surface area contributed by atoms with E-state index in [1.165, 1.54) is 0 Å². The molecule has 4 nitrogen and oxygen atoms in total. The number of nitrogens with one attached hydrogen (secondary N) is 1. The summed E-state index contributed by atoms with van der Waals surface area (Å²) in [4.78, 5) is 16.7. The van der Waals surface area contributed by atoms with Crippen LogP contribution in [0.15, 0.2) is 41.0 Å². The summed E-state index contributed by atoms with van der Waals surface area (Å²) in [6.45, 7) is 0.838. The molecule has 1 spiro atoms. The first kappa shape index (κ1) is 16.9. The number of fused-ring (bicyclic) bond motifs is 2. The fourth-order valence-electron chi connectivity index (χ4n) is 3.91. The van der Waals surface area contributed by atoms with Gasteiger partial charge in [0.05, 0.1) is 15.1 Å². The van der Waals surface area contributed by atoms with E-state index >= 15 is 0 Å². The van der Waals surface area contributed by atoms with E-state index in [1.54, 1.807) is 18.3 Å². The summed E-state index contributed by atoms with van der Waals surface area (Å²) in [6, 6.07) is 9.15. The molecule has 1 aromatic carbocycles. The van der Waals surface area contributed by atoms with Crippen LogP contribution in [0.5, 0.6) is 0 Å². The lowest BCUT2D eigenvalue weighted by Crippen LogP contribution is -2.37. The van der Waals surface area contributed by atoms with Crippen molar-refractivity contribution in [1.29, 1.82) is 0 Å². The maximum atomic E-state index is 12.3. The topological polar surface area (TPSA) is 51.2 Å². The Hall–Kier alpha value is -1.59. The first-order valence-corrected chi connectivity index (χ1v) is 9.60. The van der Waals surface area contributed by atoms with Crippen molar-refractivity contribution in [2.24, 2.45) is 0 Å². The van der Waals surface area contributed by atoms with E-state index in [9.17, 15) is 4.79 Å². The van der Waals surface area contributed by atoms with Crippen molar-refractivity contribution < 1.29 is 9.53 Å². The molecule has 2 heterocycles. The highest BCUT2D eigenvalue weighted by molar-refractivity contribution is 9.10. The maximum Gasteiger partial charge on any atom is 0.338 e. The van der Waals surface area contributed by atoms with Crippen molar-refractivity contribution in [2.45, 2.75) is 37.2 Å². The Balaban J connectivity index is 1.47. The minimum atomic E-state index is -0.242. The molecule has 1 saturated carbocycles. The number of benzene rings is 1. The second-order valence-electron chi connectivity index (χ2n) is 6.75. The molecule has 1 fully saturated rings. The number of aromatic nitrogens is 1. The number of carbonyl (C=O) groups excluding carboxylic acids is 1. The van der Waals surface area contributed by atoms with Crippen molar-refractivity contribution in [3.63, 3.8) is 0 Å². The van der Waals surface area contributed by atoms with Crippen LogP contribution in [-0.2, 0) is 10.2 Å². The standard InChI is InChI=1S/C19H18BrClN2O2/c20-14-10-22-17-15(16(14)21)19(11-23-17)8-6-13(7-9-19)25-18(24)12-4-2-1-3-5-12/h1-5,10,13H,6-9,11H2,(H,22,23)/t13-,19+. The van der Waals surface area contributed by atoms with Crippen LogP contribution in [0.4, 0.5) is 5.82 Å². The molecule has 1 aliphatic heterocycles. The van der Waals surface area contributed by atoms with Crippen molar-refractivity contribution >= 4 is 39.3 Å². The van der Waals surface area contributed by atoms with Gasteiger partial charge in [0.25, 0.3) is 0 Å². The quantitative estimate of drug-likeness (QED) is 0.696. The Kier molecular flexibility index (Phi) is 4.46. The zero-order valence-electron chi connectivity index (χ0n) is 13.6. The number of pyridine rings is 1. The zero-order chi connectivity index (χ0) is 17.4. The minimum Gasteiger partial charge on any atom is -0.459 e. The second-order valence-corrected chi connectivity index (χ2v) is 7.98. The molecule has 6 heteroatoms. The average Bonchev–Trinajstić information content (AvgIpc) is 3.00. The third-order valence-electron chi connectivity index (χ3n) is 5.27. The van der Waals surface area contributed by atoms with Gasteiger partial charge in [-0.3, -0.25) is 0 Å². The Morgan fingerprint density at radius 2 is 2.00 bits per heavy atom. The largest absolute Gasteiger partial charge is 0.459 e. The van der Waals surface area contributed by atoms with Gasteiger partial charge in [-0.1, -0.05) is 29.8 Å². The van der Waals surface area contributed by atoms with Crippen molar-refractivity contribution in [1.82, 2.24) is 4.98 Å². The van der Waals surface area contributed by atoms with Crippen LogP contribution in [0.25, 0.3) is 0 Å². The smallest absolute Gasteiger partial charge is 0.338 e. The van der Waals surface area contributed by atoms with E-state index in [-0.39, 0.29) is 17.5 Å². The highest BCUT2D eigenvalue weighted by atomic mass is 79.9. The van der Waals surface area contributed by atoms with Gasteiger partial charge >= 0.3 is 5.97 Å². The van der Waals surface area contributed by atoms with Gasteiger partial charge in [0.2, 0.25) is 0 Å². The van der Waals surface area contributed by atoms with E-state index in [4.69, 9.17) is 16.3 Å². The SMILES string of the molecule is O=C(O[C@H]1CC[C@@]2(CC1)CNc1ncc(Br)c(Cl)c12)c1ccccc1. The summed E-state index contributed by atoms with van der Waals surface area (Å²) < 4.78 is 6.53. The van der Waals surface area contributed by atoms with Gasteiger partial charge in [0, 0.05) is 23.7 Å². The Bertz CT molecular complexity index is 805. The number of anilines is 1. The number of esters is 1. The molecule has 0 saturated heterocycles. The molecule has 4 rings (SSSR count). The molecule has 0 amide bonds. The van der Waals surface area contributed by atoms with Crippen LogP contribution in [0, 0.1) is 0 Å². The first-order chi connectivity index (χ1) is 12.1. The first-order valence-electron chi connectivity index (χ1n) is 8.43. The predicted octanol–water partition coefficient (Wildman–Crippen LogP) is 4.96. The number of ether oxygens (including phenoxy) is 1. The summed E-state index contributed by atoms with van der Waals surface area (Å²) in [6.07, 6.45) is 5.22. The molecule has 25 heavy (non-hydrogen) atoms. The summed E-state index contributed by atoms with van der Waals surface area (Å²) in [5.74, 6) is 0.641. The van der Waals surface area contributed by atoms with E-state index in [0.717, 1.165) is 53.1 Å². The Morgan fingerprint density at radius 1 is 1.28 bits per heavy atom. The number of carbonyl (C=O) groups is 1.